The summed E-state index contributed by atoms with van der Waals surface area (Å²) in [6.07, 6.45) is 0.463. The number of ether oxygens (including phenoxy) is 1. The number of hydrogen-bond acceptors (Lipinski definition) is 8. The number of carbonyl (C=O) groups excluding carboxylic acids is 2. The minimum Gasteiger partial charge on any atom is -0.379 e. The monoisotopic (exact) mass is 591 g/mol. The molecule has 230 valence electrons. The number of fused-ring (bicyclic) bond motifs is 3. The fraction of sp³-hybridized carbons (Fsp3) is 0.562. The molecule has 1 N–H and O–H groups in total. The fourth-order valence-corrected chi connectivity index (χ4v) is 6.77. The van der Waals surface area contributed by atoms with Gasteiger partial charge in [0.05, 0.1) is 31.1 Å². The van der Waals surface area contributed by atoms with Crippen LogP contribution in [0.25, 0.3) is 5.65 Å². The van der Waals surface area contributed by atoms with E-state index in [1.54, 1.807) is 16.6 Å². The molecule has 2 saturated heterocycles. The maximum absolute atomic E-state index is 14.2. The third-order valence-corrected chi connectivity index (χ3v) is 9.08. The molecule has 1 amide bonds. The molecule has 0 spiro atoms. The van der Waals surface area contributed by atoms with E-state index in [9.17, 15) is 14.0 Å². The van der Waals surface area contributed by atoms with Crippen molar-refractivity contribution >= 4 is 23.0 Å². The van der Waals surface area contributed by atoms with Crippen LogP contribution < -0.4 is 10.2 Å². The van der Waals surface area contributed by atoms with Gasteiger partial charge in [0.25, 0.3) is 0 Å². The lowest BCUT2D eigenvalue weighted by Gasteiger charge is -2.43. The predicted molar refractivity (Wildman–Crippen MR) is 162 cm³/mol. The van der Waals surface area contributed by atoms with E-state index < -0.39 is 5.41 Å². The molecule has 43 heavy (non-hydrogen) atoms. The molecule has 10 nitrogen and oxygen atoms in total. The van der Waals surface area contributed by atoms with Gasteiger partial charge in [0.1, 0.15) is 5.82 Å². The largest absolute Gasteiger partial charge is 0.379 e. The van der Waals surface area contributed by atoms with Crippen LogP contribution >= 0.6 is 0 Å². The lowest BCUT2D eigenvalue weighted by atomic mass is 9.90. The quantitative estimate of drug-likeness (QED) is 0.420. The summed E-state index contributed by atoms with van der Waals surface area (Å²) in [6, 6.07) is 9.23. The van der Waals surface area contributed by atoms with Crippen LogP contribution in [0.5, 0.6) is 0 Å². The molecule has 6 rings (SSSR count). The van der Waals surface area contributed by atoms with Crippen molar-refractivity contribution in [3.63, 3.8) is 0 Å². The molecule has 0 aliphatic carbocycles. The first kappa shape index (κ1) is 29.8. The average Bonchev–Trinajstić information content (AvgIpc) is 3.52. The Morgan fingerprint density at radius 2 is 1.93 bits per heavy atom. The number of aromatic nitrogens is 3. The fourth-order valence-electron chi connectivity index (χ4n) is 6.77. The number of Topliss-reactive ketones (excluding diaryl/α,β-unsaturated/α-hetero) is 1. The van der Waals surface area contributed by atoms with Gasteiger partial charge in [0.2, 0.25) is 11.7 Å². The molecule has 3 aliphatic rings. The van der Waals surface area contributed by atoms with Gasteiger partial charge < -0.3 is 15.0 Å². The van der Waals surface area contributed by atoms with Gasteiger partial charge in [-0.25, -0.2) is 13.9 Å². The SMILES string of the molecule is CC(=O)c1nc2c(Cc3ccc(F)cc3)cc3c(n2n1)C(C)(C)CN3C(=O)CN1C[C@@H](C)NC[C@@H]1CN1CCOC[C@H]1C. The number of piperazine rings is 1. The highest BCUT2D eigenvalue weighted by Crippen LogP contribution is 2.42. The Morgan fingerprint density at radius 3 is 2.65 bits per heavy atom. The second-order valence-corrected chi connectivity index (χ2v) is 13.1. The molecule has 0 radical (unpaired) electrons. The number of rotatable bonds is 7. The van der Waals surface area contributed by atoms with Crippen LogP contribution in [-0.2, 0) is 21.4 Å². The van der Waals surface area contributed by atoms with E-state index in [0.29, 0.717) is 31.2 Å². The first-order valence-corrected chi connectivity index (χ1v) is 15.3. The highest BCUT2D eigenvalue weighted by atomic mass is 19.1. The van der Waals surface area contributed by atoms with Crippen molar-refractivity contribution in [2.75, 3.05) is 57.4 Å². The lowest BCUT2D eigenvalue weighted by Crippen LogP contribution is -2.62. The van der Waals surface area contributed by atoms with E-state index >= 15 is 0 Å². The molecule has 0 unspecified atom stereocenters. The van der Waals surface area contributed by atoms with E-state index in [-0.39, 0.29) is 35.4 Å². The summed E-state index contributed by atoms with van der Waals surface area (Å²) in [4.78, 5) is 37.8. The number of nitrogens with one attached hydrogen (secondary N) is 1. The Labute approximate surface area is 252 Å². The molecular formula is C32H42FN7O3. The molecule has 1 aromatic carbocycles. The molecule has 11 heteroatoms. The van der Waals surface area contributed by atoms with Crippen LogP contribution in [0.3, 0.4) is 0 Å². The van der Waals surface area contributed by atoms with Crippen LogP contribution in [0, 0.1) is 5.82 Å². The van der Waals surface area contributed by atoms with Crippen molar-refractivity contribution in [3.05, 3.63) is 58.8 Å². The third kappa shape index (κ3) is 5.95. The number of anilines is 1. The van der Waals surface area contributed by atoms with Crippen molar-refractivity contribution in [1.29, 1.82) is 0 Å². The van der Waals surface area contributed by atoms with Crippen LogP contribution in [0.1, 0.15) is 62.1 Å². The number of benzene rings is 1. The number of halogens is 1. The molecule has 2 fully saturated rings. The predicted octanol–water partition coefficient (Wildman–Crippen LogP) is 2.67. The summed E-state index contributed by atoms with van der Waals surface area (Å²) in [5, 5.41) is 8.23. The van der Waals surface area contributed by atoms with E-state index in [1.807, 2.05) is 11.0 Å². The molecule has 0 saturated carbocycles. The smallest absolute Gasteiger partial charge is 0.241 e. The van der Waals surface area contributed by atoms with Crippen molar-refractivity contribution in [2.24, 2.45) is 0 Å². The second-order valence-electron chi connectivity index (χ2n) is 13.1. The van der Waals surface area contributed by atoms with Gasteiger partial charge >= 0.3 is 0 Å². The van der Waals surface area contributed by atoms with Gasteiger partial charge in [-0.05, 0) is 37.6 Å². The highest BCUT2D eigenvalue weighted by molar-refractivity contribution is 5.98. The topological polar surface area (TPSA) is 95.3 Å². The Bertz CT molecular complexity index is 1520. The molecule has 2 aromatic heterocycles. The average molecular weight is 592 g/mol. The molecule has 0 bridgehead atoms. The molecule has 3 aromatic rings. The summed E-state index contributed by atoms with van der Waals surface area (Å²) in [5.74, 6) is -0.335. The van der Waals surface area contributed by atoms with Crippen molar-refractivity contribution < 1.29 is 18.7 Å². The van der Waals surface area contributed by atoms with Gasteiger partial charge in [0.15, 0.2) is 11.4 Å². The van der Waals surface area contributed by atoms with Crippen LogP contribution in [0.2, 0.25) is 0 Å². The number of morpholine rings is 1. The molecule has 3 aliphatic heterocycles. The van der Waals surface area contributed by atoms with Gasteiger partial charge in [-0.2, -0.15) is 0 Å². The van der Waals surface area contributed by atoms with E-state index in [1.165, 1.54) is 19.1 Å². The van der Waals surface area contributed by atoms with Crippen molar-refractivity contribution in [3.8, 4) is 0 Å². The number of pyridine rings is 1. The molecular weight excluding hydrogens is 549 g/mol. The van der Waals surface area contributed by atoms with Crippen molar-refractivity contribution in [2.45, 2.75) is 64.6 Å². The summed E-state index contributed by atoms with van der Waals surface area (Å²) >= 11 is 0. The number of carbonyl (C=O) groups is 2. The standard InChI is InChI=1S/C32H42FN7O3/c1-20-15-38(26(14-34-20)16-37-10-11-43-18-21(37)2)17-28(42)39-19-32(4,5)29-27(39)13-24(12-23-6-8-25(33)9-7-23)31-35-30(22(3)41)36-40(29)31/h6-9,13,20-21,26,34H,10-12,14-19H2,1-5H3/t20-,21-,26-/m1/s1. The minimum atomic E-state index is -0.418. The van der Waals surface area contributed by atoms with Crippen molar-refractivity contribution in [1.82, 2.24) is 29.7 Å². The summed E-state index contributed by atoms with van der Waals surface area (Å²) in [5.41, 5.74) is 3.56. The minimum absolute atomic E-state index is 0.0416. The highest BCUT2D eigenvalue weighted by Gasteiger charge is 2.43. The zero-order valence-electron chi connectivity index (χ0n) is 25.8. The first-order valence-electron chi connectivity index (χ1n) is 15.3. The van der Waals surface area contributed by atoms with Gasteiger partial charge in [0, 0.05) is 75.2 Å². The van der Waals surface area contributed by atoms with E-state index in [4.69, 9.17) is 4.74 Å². The molecule has 3 atom stereocenters. The number of amides is 1. The van der Waals surface area contributed by atoms with Crippen LogP contribution in [0.4, 0.5) is 10.1 Å². The Kier molecular flexibility index (Phi) is 8.10. The van der Waals surface area contributed by atoms with Gasteiger partial charge in [-0.3, -0.25) is 19.4 Å². The van der Waals surface area contributed by atoms with Gasteiger partial charge in [-0.15, -0.1) is 5.10 Å². The van der Waals surface area contributed by atoms with Gasteiger partial charge in [-0.1, -0.05) is 26.0 Å². The number of nitrogens with zero attached hydrogens (tertiary/aromatic N) is 6. The molecule has 5 heterocycles. The Hall–Kier alpha value is -3.25. The Balaban J connectivity index is 1.33. The zero-order chi connectivity index (χ0) is 30.5. The Morgan fingerprint density at radius 1 is 1.16 bits per heavy atom. The summed E-state index contributed by atoms with van der Waals surface area (Å²) < 4.78 is 21.1. The third-order valence-electron chi connectivity index (χ3n) is 9.08. The number of hydrogen-bond donors (Lipinski definition) is 1. The van der Waals surface area contributed by atoms with Crippen LogP contribution in [-0.4, -0.2) is 107 Å². The first-order chi connectivity index (χ1) is 20.5. The maximum Gasteiger partial charge on any atom is 0.241 e. The summed E-state index contributed by atoms with van der Waals surface area (Å²) in [6.45, 7) is 15.7. The summed E-state index contributed by atoms with van der Waals surface area (Å²) in [7, 11) is 0. The second kappa shape index (κ2) is 11.7. The van der Waals surface area contributed by atoms with Crippen LogP contribution in [0.15, 0.2) is 30.3 Å². The van der Waals surface area contributed by atoms with E-state index in [0.717, 1.165) is 61.9 Å². The normalized spacial score (nSPS) is 24.4. The number of ketones is 1. The zero-order valence-corrected chi connectivity index (χ0v) is 25.8. The van der Waals surface area contributed by atoms with E-state index in [2.05, 4.69) is 52.9 Å². The maximum atomic E-state index is 14.2. The lowest BCUT2D eigenvalue weighted by molar-refractivity contribution is -0.121.